The quantitative estimate of drug-likeness (QED) is 0.780. The highest BCUT2D eigenvalue weighted by Crippen LogP contribution is 2.21. The zero-order valence-electron chi connectivity index (χ0n) is 11.0. The number of aromatic amines is 1. The molecule has 19 heavy (non-hydrogen) atoms. The summed E-state index contributed by atoms with van der Waals surface area (Å²) in [5.41, 5.74) is 4.44. The van der Waals surface area contributed by atoms with Gasteiger partial charge >= 0.3 is 0 Å². The first-order valence-electron chi connectivity index (χ1n) is 6.17. The minimum atomic E-state index is 0.784. The number of hydrogen-bond donors (Lipinski definition) is 1. The maximum absolute atomic E-state index is 5.20. The molecule has 0 atom stereocenters. The zero-order chi connectivity index (χ0) is 13.2. The van der Waals surface area contributed by atoms with E-state index in [0.717, 1.165) is 28.9 Å². The molecule has 0 aromatic carbocycles. The Kier molecular flexibility index (Phi) is 2.91. The van der Waals surface area contributed by atoms with Gasteiger partial charge < -0.3 is 9.72 Å². The van der Waals surface area contributed by atoms with Gasteiger partial charge in [-0.05, 0) is 35.7 Å². The molecular formula is C15H15N3O. The molecule has 0 saturated heterocycles. The number of nitrogens with one attached hydrogen (secondary N) is 1. The number of fused-ring (bicyclic) bond motifs is 1. The van der Waals surface area contributed by atoms with E-state index in [2.05, 4.69) is 27.9 Å². The topological polar surface area (TPSA) is 50.8 Å². The summed E-state index contributed by atoms with van der Waals surface area (Å²) in [7, 11) is 1.65. The van der Waals surface area contributed by atoms with Crippen LogP contribution in [0.25, 0.3) is 11.0 Å². The number of rotatable bonds is 3. The van der Waals surface area contributed by atoms with Crippen LogP contribution in [0.15, 0.2) is 36.9 Å². The first kappa shape index (κ1) is 11.7. The number of aryl methyl sites for hydroxylation is 1. The third kappa shape index (κ3) is 2.29. The highest BCUT2D eigenvalue weighted by Gasteiger charge is 2.06. The number of pyridine rings is 2. The van der Waals surface area contributed by atoms with Crippen molar-refractivity contribution < 1.29 is 4.74 Å². The van der Waals surface area contributed by atoms with Gasteiger partial charge in [-0.1, -0.05) is 0 Å². The Morgan fingerprint density at radius 2 is 2.11 bits per heavy atom. The van der Waals surface area contributed by atoms with E-state index in [1.165, 1.54) is 10.9 Å². The molecule has 96 valence electrons. The fourth-order valence-corrected chi connectivity index (χ4v) is 2.20. The maximum atomic E-state index is 5.20. The van der Waals surface area contributed by atoms with Crippen LogP contribution in [0.1, 0.15) is 16.7 Å². The molecular weight excluding hydrogens is 238 g/mol. The van der Waals surface area contributed by atoms with E-state index in [4.69, 9.17) is 4.74 Å². The Morgan fingerprint density at radius 1 is 1.21 bits per heavy atom. The van der Waals surface area contributed by atoms with E-state index < -0.39 is 0 Å². The number of ether oxygens (including phenoxy) is 1. The van der Waals surface area contributed by atoms with Crippen LogP contribution in [0.2, 0.25) is 0 Å². The van der Waals surface area contributed by atoms with Crippen LogP contribution in [0.3, 0.4) is 0 Å². The van der Waals surface area contributed by atoms with Crippen molar-refractivity contribution in [1.29, 1.82) is 0 Å². The van der Waals surface area contributed by atoms with Crippen LogP contribution in [0.4, 0.5) is 0 Å². The van der Waals surface area contributed by atoms with Crippen molar-refractivity contribution in [3.05, 3.63) is 53.6 Å². The molecule has 0 radical (unpaired) electrons. The lowest BCUT2D eigenvalue weighted by Crippen LogP contribution is -1.91. The van der Waals surface area contributed by atoms with E-state index >= 15 is 0 Å². The van der Waals surface area contributed by atoms with Crippen LogP contribution in [-0.4, -0.2) is 22.1 Å². The molecule has 3 aromatic heterocycles. The molecule has 0 saturated carbocycles. The van der Waals surface area contributed by atoms with Gasteiger partial charge in [-0.2, -0.15) is 0 Å². The summed E-state index contributed by atoms with van der Waals surface area (Å²) in [5, 5.41) is 1.17. The Balaban J connectivity index is 1.98. The zero-order valence-corrected chi connectivity index (χ0v) is 11.0. The van der Waals surface area contributed by atoms with Crippen molar-refractivity contribution in [1.82, 2.24) is 15.0 Å². The fourth-order valence-electron chi connectivity index (χ4n) is 2.20. The van der Waals surface area contributed by atoms with Crippen molar-refractivity contribution in [3.63, 3.8) is 0 Å². The van der Waals surface area contributed by atoms with E-state index in [1.54, 1.807) is 13.3 Å². The number of hydrogen-bond acceptors (Lipinski definition) is 3. The molecule has 0 amide bonds. The van der Waals surface area contributed by atoms with Crippen molar-refractivity contribution in [3.8, 4) is 5.75 Å². The highest BCUT2D eigenvalue weighted by molar-refractivity contribution is 5.80. The minimum absolute atomic E-state index is 0.784. The maximum Gasteiger partial charge on any atom is 0.137 e. The molecule has 1 N–H and O–H groups in total. The molecule has 0 aliphatic carbocycles. The van der Waals surface area contributed by atoms with Crippen molar-refractivity contribution in [2.24, 2.45) is 0 Å². The van der Waals surface area contributed by atoms with Gasteiger partial charge in [-0.25, -0.2) is 4.98 Å². The molecule has 0 aliphatic rings. The van der Waals surface area contributed by atoms with Gasteiger partial charge in [0.25, 0.3) is 0 Å². The lowest BCUT2D eigenvalue weighted by Gasteiger charge is -2.03. The second-order valence-electron chi connectivity index (χ2n) is 4.63. The molecule has 0 fully saturated rings. The third-order valence-electron chi connectivity index (χ3n) is 3.15. The molecule has 0 spiro atoms. The summed E-state index contributed by atoms with van der Waals surface area (Å²) in [4.78, 5) is 11.8. The first-order valence-corrected chi connectivity index (χ1v) is 6.17. The van der Waals surface area contributed by atoms with Crippen molar-refractivity contribution >= 4 is 11.0 Å². The smallest absolute Gasteiger partial charge is 0.137 e. The van der Waals surface area contributed by atoms with Crippen LogP contribution < -0.4 is 4.74 Å². The van der Waals surface area contributed by atoms with Gasteiger partial charge in [-0.15, -0.1) is 0 Å². The minimum Gasteiger partial charge on any atom is -0.495 e. The summed E-state index contributed by atoms with van der Waals surface area (Å²) >= 11 is 0. The van der Waals surface area contributed by atoms with E-state index in [0.29, 0.717) is 0 Å². The predicted octanol–water partition coefficient (Wildman–Crippen LogP) is 2.87. The molecule has 4 heteroatoms. The number of H-pyrrole nitrogens is 1. The molecule has 0 bridgehead atoms. The van der Waals surface area contributed by atoms with E-state index in [9.17, 15) is 0 Å². The SMILES string of the molecule is COc1cncc(Cc2c[nH]c3ncc(C)cc23)c1. The molecule has 0 aliphatic heterocycles. The van der Waals surface area contributed by atoms with Crippen LogP contribution in [0, 0.1) is 6.92 Å². The summed E-state index contributed by atoms with van der Waals surface area (Å²) in [6.45, 7) is 2.05. The van der Waals surface area contributed by atoms with Gasteiger partial charge in [0.1, 0.15) is 11.4 Å². The Bertz CT molecular complexity index is 718. The van der Waals surface area contributed by atoms with Crippen LogP contribution in [-0.2, 0) is 6.42 Å². The second kappa shape index (κ2) is 4.72. The number of aromatic nitrogens is 3. The molecule has 3 aromatic rings. The lowest BCUT2D eigenvalue weighted by molar-refractivity contribution is 0.412. The molecule has 3 heterocycles. The molecule has 0 unspecified atom stereocenters. The van der Waals surface area contributed by atoms with Crippen molar-refractivity contribution in [2.75, 3.05) is 7.11 Å². The first-order chi connectivity index (χ1) is 9.26. The molecule has 4 nitrogen and oxygen atoms in total. The van der Waals surface area contributed by atoms with Gasteiger partial charge in [0.2, 0.25) is 0 Å². The fraction of sp³-hybridized carbons (Fsp3) is 0.200. The normalized spacial score (nSPS) is 10.8. The average molecular weight is 253 g/mol. The van der Waals surface area contributed by atoms with Crippen molar-refractivity contribution in [2.45, 2.75) is 13.3 Å². The number of methoxy groups -OCH3 is 1. The Morgan fingerprint density at radius 3 is 2.95 bits per heavy atom. The molecule has 3 rings (SSSR count). The van der Waals surface area contributed by atoms with Gasteiger partial charge in [0.05, 0.1) is 13.3 Å². The summed E-state index contributed by atoms with van der Waals surface area (Å²) in [5.74, 6) is 0.784. The van der Waals surface area contributed by atoms with Gasteiger partial charge in [0.15, 0.2) is 0 Å². The highest BCUT2D eigenvalue weighted by atomic mass is 16.5. The van der Waals surface area contributed by atoms with Gasteiger partial charge in [-0.3, -0.25) is 4.98 Å². The van der Waals surface area contributed by atoms with Crippen LogP contribution >= 0.6 is 0 Å². The summed E-state index contributed by atoms with van der Waals surface area (Å²) in [6, 6.07) is 4.16. The van der Waals surface area contributed by atoms with E-state index in [1.807, 2.05) is 24.7 Å². The predicted molar refractivity (Wildman–Crippen MR) is 74.4 cm³/mol. The third-order valence-corrected chi connectivity index (χ3v) is 3.15. The summed E-state index contributed by atoms with van der Waals surface area (Å²) < 4.78 is 5.20. The largest absolute Gasteiger partial charge is 0.495 e. The standard InChI is InChI=1S/C15H15N3O/c1-10-3-14-12(8-18-15(14)17-6-10)4-11-5-13(19-2)9-16-7-11/h3,5-9H,4H2,1-2H3,(H,17,18). The average Bonchev–Trinajstić information content (AvgIpc) is 2.81. The Labute approximate surface area is 111 Å². The summed E-state index contributed by atoms with van der Waals surface area (Å²) in [6.07, 6.45) is 8.27. The van der Waals surface area contributed by atoms with Gasteiger partial charge in [0, 0.05) is 30.4 Å². The van der Waals surface area contributed by atoms with E-state index in [-0.39, 0.29) is 0 Å². The lowest BCUT2D eigenvalue weighted by atomic mass is 10.1. The Hall–Kier alpha value is -2.36. The second-order valence-corrected chi connectivity index (χ2v) is 4.63. The monoisotopic (exact) mass is 253 g/mol. The van der Waals surface area contributed by atoms with Crippen LogP contribution in [0.5, 0.6) is 5.75 Å². The number of nitrogens with zero attached hydrogens (tertiary/aromatic N) is 2.